The van der Waals surface area contributed by atoms with Crippen LogP contribution in [-0.4, -0.2) is 17.7 Å². The van der Waals surface area contributed by atoms with Gasteiger partial charge in [0.1, 0.15) is 5.75 Å². The van der Waals surface area contributed by atoms with Gasteiger partial charge in [-0.25, -0.2) is 0 Å². The van der Waals surface area contributed by atoms with Crippen LogP contribution in [0.5, 0.6) is 5.75 Å². The standard InChI is InChI=1S/C20H31BrO2/c1-2-3-4-5-6-7-8-9-10-11-16-23-19-14-12-18(13-15-19)20(22)17-21/h12-15H,2-11,16-17H2,1H3. The van der Waals surface area contributed by atoms with E-state index in [0.29, 0.717) is 5.33 Å². The van der Waals surface area contributed by atoms with E-state index >= 15 is 0 Å². The summed E-state index contributed by atoms with van der Waals surface area (Å²) in [5, 5.41) is 0.367. The molecule has 0 heterocycles. The third kappa shape index (κ3) is 9.80. The van der Waals surface area contributed by atoms with Gasteiger partial charge in [-0.1, -0.05) is 80.6 Å². The van der Waals surface area contributed by atoms with Crippen LogP contribution in [0.3, 0.4) is 0 Å². The summed E-state index contributed by atoms with van der Waals surface area (Å²) >= 11 is 3.18. The van der Waals surface area contributed by atoms with Crippen LogP contribution < -0.4 is 4.74 Å². The van der Waals surface area contributed by atoms with Crippen LogP contribution in [-0.2, 0) is 0 Å². The number of alkyl halides is 1. The van der Waals surface area contributed by atoms with Crippen LogP contribution in [0.1, 0.15) is 81.5 Å². The molecule has 0 aliphatic carbocycles. The van der Waals surface area contributed by atoms with Gasteiger partial charge in [0.25, 0.3) is 0 Å². The van der Waals surface area contributed by atoms with Crippen LogP contribution in [0, 0.1) is 0 Å². The smallest absolute Gasteiger partial charge is 0.173 e. The lowest BCUT2D eigenvalue weighted by molar-refractivity contribution is 0.102. The Morgan fingerprint density at radius 3 is 1.91 bits per heavy atom. The number of carbonyl (C=O) groups excluding carboxylic acids is 1. The summed E-state index contributed by atoms with van der Waals surface area (Å²) in [7, 11) is 0. The van der Waals surface area contributed by atoms with Crippen molar-refractivity contribution in [1.82, 2.24) is 0 Å². The second-order valence-electron chi connectivity index (χ2n) is 6.11. The van der Waals surface area contributed by atoms with E-state index in [1.807, 2.05) is 24.3 Å². The number of carbonyl (C=O) groups is 1. The SMILES string of the molecule is CCCCCCCCCCCCOc1ccc(C(=O)CBr)cc1. The highest BCUT2D eigenvalue weighted by atomic mass is 79.9. The van der Waals surface area contributed by atoms with Crippen LogP contribution in [0.25, 0.3) is 0 Å². The fourth-order valence-corrected chi connectivity index (χ4v) is 2.92. The maximum Gasteiger partial charge on any atom is 0.173 e. The van der Waals surface area contributed by atoms with E-state index in [2.05, 4.69) is 22.9 Å². The Labute approximate surface area is 150 Å². The van der Waals surface area contributed by atoms with Crippen molar-refractivity contribution in [3.63, 3.8) is 0 Å². The van der Waals surface area contributed by atoms with Gasteiger partial charge in [-0.3, -0.25) is 4.79 Å². The number of hydrogen-bond donors (Lipinski definition) is 0. The Hall–Kier alpha value is -0.830. The predicted octanol–water partition coefficient (Wildman–Crippen LogP) is 6.56. The summed E-state index contributed by atoms with van der Waals surface area (Å²) in [6.45, 7) is 3.03. The minimum atomic E-state index is 0.103. The molecule has 2 nitrogen and oxygen atoms in total. The quantitative estimate of drug-likeness (QED) is 0.206. The molecule has 1 rings (SSSR count). The average Bonchev–Trinajstić information content (AvgIpc) is 2.59. The molecule has 0 amide bonds. The van der Waals surface area contributed by atoms with Crippen LogP contribution in [0.4, 0.5) is 0 Å². The molecule has 0 aliphatic heterocycles. The van der Waals surface area contributed by atoms with Gasteiger partial charge in [0.15, 0.2) is 5.78 Å². The Bertz CT molecular complexity index is 414. The van der Waals surface area contributed by atoms with Gasteiger partial charge >= 0.3 is 0 Å². The number of ketones is 1. The molecule has 0 aromatic heterocycles. The molecule has 3 heteroatoms. The summed E-state index contributed by atoms with van der Waals surface area (Å²) in [5.74, 6) is 0.957. The number of halogens is 1. The van der Waals surface area contributed by atoms with Gasteiger partial charge in [-0.05, 0) is 30.7 Å². The highest BCUT2D eigenvalue weighted by molar-refractivity contribution is 9.09. The Balaban J connectivity index is 1.97. The summed E-state index contributed by atoms with van der Waals surface area (Å²) in [5.41, 5.74) is 0.730. The monoisotopic (exact) mass is 382 g/mol. The lowest BCUT2D eigenvalue weighted by Crippen LogP contribution is -2.01. The van der Waals surface area contributed by atoms with E-state index in [1.165, 1.54) is 57.8 Å². The predicted molar refractivity (Wildman–Crippen MR) is 102 cm³/mol. The maximum atomic E-state index is 11.5. The van der Waals surface area contributed by atoms with Gasteiger partial charge in [0.2, 0.25) is 0 Å². The van der Waals surface area contributed by atoms with E-state index in [9.17, 15) is 4.79 Å². The highest BCUT2D eigenvalue weighted by Crippen LogP contribution is 2.15. The molecule has 0 saturated carbocycles. The Morgan fingerprint density at radius 1 is 0.870 bits per heavy atom. The molecule has 1 aromatic rings. The largest absolute Gasteiger partial charge is 0.494 e. The second kappa shape index (κ2) is 13.6. The van der Waals surface area contributed by atoms with Crippen molar-refractivity contribution >= 4 is 21.7 Å². The molecule has 130 valence electrons. The van der Waals surface area contributed by atoms with Crippen LogP contribution in [0.2, 0.25) is 0 Å². The number of Topliss-reactive ketones (excluding diaryl/α,β-unsaturated/α-hetero) is 1. The molecule has 0 fully saturated rings. The summed E-state index contributed by atoms with van der Waals surface area (Å²) in [6.07, 6.45) is 13.3. The van der Waals surface area contributed by atoms with Crippen molar-refractivity contribution in [2.75, 3.05) is 11.9 Å². The van der Waals surface area contributed by atoms with Crippen molar-refractivity contribution in [1.29, 1.82) is 0 Å². The van der Waals surface area contributed by atoms with Crippen LogP contribution >= 0.6 is 15.9 Å². The molecule has 0 bridgehead atoms. The first-order chi connectivity index (χ1) is 11.3. The fraction of sp³-hybridized carbons (Fsp3) is 0.650. The molecule has 0 atom stereocenters. The molecule has 0 N–H and O–H groups in total. The first-order valence-electron chi connectivity index (χ1n) is 9.10. The van der Waals surface area contributed by atoms with E-state index in [-0.39, 0.29) is 5.78 Å². The second-order valence-corrected chi connectivity index (χ2v) is 6.67. The number of rotatable bonds is 14. The fourth-order valence-electron chi connectivity index (χ4n) is 2.59. The lowest BCUT2D eigenvalue weighted by Gasteiger charge is -2.07. The van der Waals surface area contributed by atoms with Crippen molar-refractivity contribution in [3.8, 4) is 5.75 Å². The maximum absolute atomic E-state index is 11.5. The van der Waals surface area contributed by atoms with E-state index in [0.717, 1.165) is 24.3 Å². The minimum Gasteiger partial charge on any atom is -0.494 e. The van der Waals surface area contributed by atoms with E-state index in [1.54, 1.807) is 0 Å². The number of benzene rings is 1. The first-order valence-corrected chi connectivity index (χ1v) is 10.2. The summed E-state index contributed by atoms with van der Waals surface area (Å²) in [4.78, 5) is 11.5. The molecular formula is C20H31BrO2. The molecule has 0 spiro atoms. The lowest BCUT2D eigenvalue weighted by atomic mass is 10.1. The van der Waals surface area contributed by atoms with Gasteiger partial charge in [-0.15, -0.1) is 0 Å². The zero-order valence-corrected chi connectivity index (χ0v) is 16.1. The van der Waals surface area contributed by atoms with Crippen LogP contribution in [0.15, 0.2) is 24.3 Å². The number of hydrogen-bond acceptors (Lipinski definition) is 2. The molecular weight excluding hydrogens is 352 g/mol. The third-order valence-corrected chi connectivity index (χ3v) is 4.57. The molecule has 0 radical (unpaired) electrons. The average molecular weight is 383 g/mol. The van der Waals surface area contributed by atoms with Gasteiger partial charge in [-0.2, -0.15) is 0 Å². The van der Waals surface area contributed by atoms with Gasteiger partial charge in [0, 0.05) is 5.56 Å². The normalized spacial score (nSPS) is 10.7. The molecule has 0 aliphatic rings. The van der Waals surface area contributed by atoms with Crippen molar-refractivity contribution < 1.29 is 9.53 Å². The topological polar surface area (TPSA) is 26.3 Å². The summed E-state index contributed by atoms with van der Waals surface area (Å²) < 4.78 is 5.72. The first kappa shape index (κ1) is 20.2. The van der Waals surface area contributed by atoms with Gasteiger partial charge in [0.05, 0.1) is 11.9 Å². The number of unbranched alkanes of at least 4 members (excludes halogenated alkanes) is 9. The molecule has 23 heavy (non-hydrogen) atoms. The Morgan fingerprint density at radius 2 is 1.39 bits per heavy atom. The van der Waals surface area contributed by atoms with Crippen molar-refractivity contribution in [3.05, 3.63) is 29.8 Å². The summed E-state index contributed by atoms with van der Waals surface area (Å²) in [6, 6.07) is 7.42. The Kier molecular flexibility index (Phi) is 11.9. The minimum absolute atomic E-state index is 0.103. The van der Waals surface area contributed by atoms with E-state index in [4.69, 9.17) is 4.74 Å². The number of ether oxygens (including phenoxy) is 1. The van der Waals surface area contributed by atoms with Crippen molar-refractivity contribution in [2.24, 2.45) is 0 Å². The molecule has 0 unspecified atom stereocenters. The zero-order chi connectivity index (χ0) is 16.8. The highest BCUT2D eigenvalue weighted by Gasteiger charge is 2.03. The zero-order valence-electron chi connectivity index (χ0n) is 14.5. The third-order valence-electron chi connectivity index (χ3n) is 4.06. The van der Waals surface area contributed by atoms with E-state index < -0.39 is 0 Å². The molecule has 0 saturated heterocycles. The molecule has 1 aromatic carbocycles. The van der Waals surface area contributed by atoms with Gasteiger partial charge < -0.3 is 4.74 Å². The van der Waals surface area contributed by atoms with Crippen molar-refractivity contribution in [2.45, 2.75) is 71.1 Å².